The number of sulfone groups is 1. The fourth-order valence-electron chi connectivity index (χ4n) is 4.42. The molecule has 1 atom stereocenters. The lowest BCUT2D eigenvalue weighted by Gasteiger charge is -2.35. The summed E-state index contributed by atoms with van der Waals surface area (Å²) >= 11 is 0. The van der Waals surface area contributed by atoms with Gasteiger partial charge in [0.1, 0.15) is 5.75 Å². The maximum absolute atomic E-state index is 13.0. The highest BCUT2D eigenvalue weighted by Crippen LogP contribution is 2.32. The molecule has 0 radical (unpaired) electrons. The van der Waals surface area contributed by atoms with Gasteiger partial charge in [0.05, 0.1) is 44.8 Å². The van der Waals surface area contributed by atoms with Crippen LogP contribution in [0.25, 0.3) is 0 Å². The van der Waals surface area contributed by atoms with E-state index in [0.29, 0.717) is 13.0 Å². The van der Waals surface area contributed by atoms with E-state index in [1.54, 1.807) is 7.11 Å². The summed E-state index contributed by atoms with van der Waals surface area (Å²) in [7, 11) is -1.30. The third-order valence-corrected chi connectivity index (χ3v) is 7.87. The summed E-state index contributed by atoms with van der Waals surface area (Å²) in [5, 5.41) is 0. The van der Waals surface area contributed by atoms with Gasteiger partial charge in [0, 0.05) is 23.8 Å². The van der Waals surface area contributed by atoms with Gasteiger partial charge in [0.25, 0.3) is 5.91 Å². The van der Waals surface area contributed by atoms with E-state index in [0.717, 1.165) is 50.5 Å². The van der Waals surface area contributed by atoms with Crippen LogP contribution in [-0.2, 0) is 14.6 Å². The number of nitrogens with zero attached hydrogens (tertiary/aromatic N) is 2. The smallest absolute Gasteiger partial charge is 0.278 e. The molecular formula is C20H30N3O4S+. The van der Waals surface area contributed by atoms with Crippen molar-refractivity contribution >= 4 is 21.4 Å². The summed E-state index contributed by atoms with van der Waals surface area (Å²) in [6, 6.07) is 8.24. The first-order chi connectivity index (χ1) is 13.4. The average molecular weight is 409 g/mol. The van der Waals surface area contributed by atoms with Gasteiger partial charge in [-0.1, -0.05) is 6.07 Å². The van der Waals surface area contributed by atoms with Gasteiger partial charge >= 0.3 is 0 Å². The third-order valence-electron chi connectivity index (χ3n) is 6.12. The van der Waals surface area contributed by atoms with Crippen molar-refractivity contribution in [3.8, 4) is 5.75 Å². The number of quaternary nitrogens is 1. The van der Waals surface area contributed by atoms with Crippen LogP contribution in [-0.4, -0.2) is 82.6 Å². The fourth-order valence-corrected chi connectivity index (χ4v) is 6.13. The molecule has 1 amide bonds. The second kappa shape index (κ2) is 7.91. The van der Waals surface area contributed by atoms with Gasteiger partial charge in [0.2, 0.25) is 0 Å². The van der Waals surface area contributed by atoms with Gasteiger partial charge in [-0.15, -0.1) is 0 Å². The van der Waals surface area contributed by atoms with E-state index in [1.165, 1.54) is 4.90 Å². The Bertz CT molecular complexity index is 816. The first-order valence-corrected chi connectivity index (χ1v) is 12.0. The van der Waals surface area contributed by atoms with E-state index in [9.17, 15) is 13.2 Å². The molecule has 28 heavy (non-hydrogen) atoms. The third kappa shape index (κ3) is 4.43. The van der Waals surface area contributed by atoms with Crippen LogP contribution in [0.4, 0.5) is 5.69 Å². The van der Waals surface area contributed by atoms with Gasteiger partial charge < -0.3 is 19.4 Å². The summed E-state index contributed by atoms with van der Waals surface area (Å²) in [4.78, 5) is 18.5. The Balaban J connectivity index is 1.33. The normalized spacial score (nSPS) is 24.9. The maximum atomic E-state index is 13.0. The molecular weight excluding hydrogens is 378 g/mol. The quantitative estimate of drug-likeness (QED) is 0.692. The Morgan fingerprint density at radius 1 is 1.21 bits per heavy atom. The van der Waals surface area contributed by atoms with E-state index < -0.39 is 9.84 Å². The molecule has 1 aromatic carbocycles. The molecule has 154 valence electrons. The molecule has 8 heteroatoms. The van der Waals surface area contributed by atoms with Crippen LogP contribution in [0, 0.1) is 0 Å². The minimum atomic E-state index is -2.97. The highest BCUT2D eigenvalue weighted by Gasteiger charge is 2.43. The Kier molecular flexibility index (Phi) is 5.51. The zero-order valence-electron chi connectivity index (χ0n) is 16.5. The van der Waals surface area contributed by atoms with E-state index in [-0.39, 0.29) is 29.5 Å². The molecule has 3 fully saturated rings. The van der Waals surface area contributed by atoms with Crippen LogP contribution in [0.15, 0.2) is 24.3 Å². The first-order valence-electron chi connectivity index (χ1n) is 10.2. The molecule has 1 N–H and O–H groups in total. The number of nitrogens with one attached hydrogen (secondary N) is 1. The number of hydrogen-bond acceptors (Lipinski definition) is 5. The molecule has 0 spiro atoms. The van der Waals surface area contributed by atoms with Crippen molar-refractivity contribution in [3.05, 3.63) is 24.3 Å². The van der Waals surface area contributed by atoms with Crippen LogP contribution >= 0.6 is 0 Å². The van der Waals surface area contributed by atoms with Crippen molar-refractivity contribution < 1.29 is 22.8 Å². The number of carbonyl (C=O) groups excluding carboxylic acids is 1. The minimum Gasteiger partial charge on any atom is -0.497 e. The number of amides is 1. The molecule has 2 heterocycles. The van der Waals surface area contributed by atoms with Crippen molar-refractivity contribution in [1.82, 2.24) is 4.90 Å². The van der Waals surface area contributed by atoms with Crippen molar-refractivity contribution in [3.63, 3.8) is 0 Å². The SMILES string of the molecule is COc1cccc(N2CC[NH+](CC(=O)N(C3CC3)[C@@H]3CCS(=O)(=O)C3)CC2)c1. The largest absolute Gasteiger partial charge is 0.497 e. The number of methoxy groups -OCH3 is 1. The first kappa shape index (κ1) is 19.5. The molecule has 1 aromatic rings. The number of anilines is 1. The van der Waals surface area contributed by atoms with Crippen LogP contribution in [0.2, 0.25) is 0 Å². The van der Waals surface area contributed by atoms with Crippen LogP contribution < -0.4 is 14.5 Å². The van der Waals surface area contributed by atoms with Gasteiger partial charge in [-0.05, 0) is 31.4 Å². The highest BCUT2D eigenvalue weighted by atomic mass is 32.2. The van der Waals surface area contributed by atoms with Gasteiger partial charge in [-0.25, -0.2) is 8.42 Å². The fraction of sp³-hybridized carbons (Fsp3) is 0.650. The second-order valence-electron chi connectivity index (χ2n) is 8.20. The van der Waals surface area contributed by atoms with Crippen molar-refractivity contribution in [1.29, 1.82) is 0 Å². The van der Waals surface area contributed by atoms with Crippen LogP contribution in [0.5, 0.6) is 5.75 Å². The van der Waals surface area contributed by atoms with E-state index in [2.05, 4.69) is 11.0 Å². The number of rotatable bonds is 6. The maximum Gasteiger partial charge on any atom is 0.278 e. The number of carbonyl (C=O) groups is 1. The number of ether oxygens (including phenoxy) is 1. The Hall–Kier alpha value is -1.80. The Morgan fingerprint density at radius 2 is 1.96 bits per heavy atom. The molecule has 0 bridgehead atoms. The molecule has 0 unspecified atom stereocenters. The molecule has 2 saturated heterocycles. The molecule has 7 nitrogen and oxygen atoms in total. The summed E-state index contributed by atoms with van der Waals surface area (Å²) in [6.45, 7) is 4.09. The lowest BCUT2D eigenvalue weighted by molar-refractivity contribution is -0.892. The number of benzene rings is 1. The average Bonchev–Trinajstić information content (AvgIpc) is 3.45. The van der Waals surface area contributed by atoms with E-state index in [4.69, 9.17) is 4.74 Å². The van der Waals surface area contributed by atoms with Crippen LogP contribution in [0.3, 0.4) is 0 Å². The number of piperazine rings is 1. The van der Waals surface area contributed by atoms with Gasteiger partial charge in [0.15, 0.2) is 16.4 Å². The molecule has 0 aromatic heterocycles. The minimum absolute atomic E-state index is 0.109. The molecule has 1 aliphatic carbocycles. The summed E-state index contributed by atoms with van der Waals surface area (Å²) < 4.78 is 29.0. The molecule has 2 aliphatic heterocycles. The predicted octanol–water partition coefficient (Wildman–Crippen LogP) is -0.422. The topological polar surface area (TPSA) is 71.4 Å². The monoisotopic (exact) mass is 408 g/mol. The Morgan fingerprint density at radius 3 is 2.57 bits per heavy atom. The van der Waals surface area contributed by atoms with Crippen molar-refractivity contribution in [2.24, 2.45) is 0 Å². The summed E-state index contributed by atoms with van der Waals surface area (Å²) in [5.74, 6) is 1.36. The predicted molar refractivity (Wildman–Crippen MR) is 108 cm³/mol. The van der Waals surface area contributed by atoms with Crippen molar-refractivity contribution in [2.45, 2.75) is 31.3 Å². The van der Waals surface area contributed by atoms with Crippen molar-refractivity contribution in [2.75, 3.05) is 56.2 Å². The second-order valence-corrected chi connectivity index (χ2v) is 10.4. The highest BCUT2D eigenvalue weighted by molar-refractivity contribution is 7.91. The lowest BCUT2D eigenvalue weighted by atomic mass is 10.2. The summed E-state index contributed by atoms with van der Waals surface area (Å²) in [5.41, 5.74) is 1.15. The standard InChI is InChI=1S/C20H29N3O4S/c1-27-19-4-2-3-17(13-19)22-10-8-21(9-11-22)14-20(24)23(16-5-6-16)18-7-12-28(25,26)15-18/h2-4,13,16,18H,5-12,14-15H2,1H3/p+1/t18-/m1/s1. The van der Waals surface area contributed by atoms with Gasteiger partial charge in [-0.3, -0.25) is 4.79 Å². The van der Waals surface area contributed by atoms with E-state index >= 15 is 0 Å². The Labute approximate surface area is 167 Å². The number of hydrogen-bond donors (Lipinski definition) is 1. The molecule has 3 aliphatic rings. The molecule has 4 rings (SSSR count). The summed E-state index contributed by atoms with van der Waals surface area (Å²) in [6.07, 6.45) is 2.63. The van der Waals surface area contributed by atoms with E-state index in [1.807, 2.05) is 23.1 Å². The van der Waals surface area contributed by atoms with Crippen LogP contribution in [0.1, 0.15) is 19.3 Å². The van der Waals surface area contributed by atoms with Gasteiger partial charge in [-0.2, -0.15) is 0 Å². The zero-order valence-corrected chi connectivity index (χ0v) is 17.3. The molecule has 1 saturated carbocycles. The lowest BCUT2D eigenvalue weighted by Crippen LogP contribution is -3.16. The zero-order chi connectivity index (χ0) is 19.7.